The van der Waals surface area contributed by atoms with Gasteiger partial charge in [0.1, 0.15) is 6.04 Å². The molecule has 1 N–H and O–H groups in total. The first-order valence-corrected chi connectivity index (χ1v) is 10.7. The van der Waals surface area contributed by atoms with Crippen molar-refractivity contribution in [2.75, 3.05) is 6.54 Å². The first-order valence-electron chi connectivity index (χ1n) is 10.7. The molecule has 3 amide bonds. The molecule has 2 aromatic rings. The van der Waals surface area contributed by atoms with Crippen LogP contribution in [0, 0.1) is 11.8 Å². The molecular weight excluding hydrogens is 364 g/mol. The maximum Gasteiger partial charge on any atom is 0.324 e. The van der Waals surface area contributed by atoms with E-state index in [1.54, 1.807) is 0 Å². The van der Waals surface area contributed by atoms with Gasteiger partial charge in [-0.1, -0.05) is 48.9 Å². The maximum atomic E-state index is 13.3. The molecule has 2 aromatic carbocycles. The summed E-state index contributed by atoms with van der Waals surface area (Å²) < 4.78 is -0.0994. The average molecular weight is 394 g/mol. The second-order valence-electron chi connectivity index (χ2n) is 8.59. The predicted molar refractivity (Wildman–Crippen MR) is 112 cm³/mol. The molecule has 4 atom stereocenters. The summed E-state index contributed by atoms with van der Waals surface area (Å²) in [6, 6.07) is 14.2. The Balaban J connectivity index is 1.48. The van der Waals surface area contributed by atoms with Crippen molar-refractivity contribution >= 4 is 29.0 Å². The van der Waals surface area contributed by atoms with E-state index in [-0.39, 0.29) is 34.2 Å². The molecule has 0 radical (unpaired) electrons. The van der Waals surface area contributed by atoms with E-state index in [1.807, 2.05) is 31.2 Å². The van der Waals surface area contributed by atoms with Crippen LogP contribution in [-0.4, -0.2) is 35.3 Å². The van der Waals surface area contributed by atoms with E-state index in [2.05, 4.69) is 23.5 Å². The number of quaternary nitrogens is 1. The lowest BCUT2D eigenvalue weighted by Gasteiger charge is -2.32. The molecule has 2 fully saturated rings. The standard InChI is InChI=1S/C24H28N2O3/c1-17-7-6-14-26(17,16-27)24(29)22-13-5-12-21(22)23(28)25-15-19-10-4-9-18-8-2-3-11-20(18)19/h2-4,8-11,16-17,21-22H,5-7,12-15H2,1H3/p+1/t17-,21-,22?,26?/m1/s1. The number of nitrogens with zero attached hydrogens (tertiary/aromatic N) is 1. The van der Waals surface area contributed by atoms with Crippen molar-refractivity contribution < 1.29 is 18.9 Å². The molecule has 1 heterocycles. The van der Waals surface area contributed by atoms with Gasteiger partial charge in [-0.2, -0.15) is 4.48 Å². The molecule has 1 saturated heterocycles. The fourth-order valence-electron chi connectivity index (χ4n) is 5.27. The van der Waals surface area contributed by atoms with Crippen molar-refractivity contribution in [2.45, 2.75) is 51.6 Å². The van der Waals surface area contributed by atoms with Gasteiger partial charge in [-0.25, -0.2) is 9.59 Å². The lowest BCUT2D eigenvalue weighted by molar-refractivity contribution is -0.782. The molecule has 2 unspecified atom stereocenters. The van der Waals surface area contributed by atoms with Crippen LogP contribution in [0.4, 0.5) is 0 Å². The predicted octanol–water partition coefficient (Wildman–Crippen LogP) is 3.55. The third kappa shape index (κ3) is 3.48. The summed E-state index contributed by atoms with van der Waals surface area (Å²) in [6.07, 6.45) is 4.86. The van der Waals surface area contributed by atoms with Gasteiger partial charge in [-0.3, -0.25) is 4.79 Å². The highest BCUT2D eigenvalue weighted by atomic mass is 16.2. The van der Waals surface area contributed by atoms with E-state index in [1.165, 1.54) is 0 Å². The van der Waals surface area contributed by atoms with Crippen molar-refractivity contribution in [1.82, 2.24) is 5.32 Å². The molecule has 1 saturated carbocycles. The molecule has 1 aliphatic carbocycles. The largest absolute Gasteiger partial charge is 0.352 e. The van der Waals surface area contributed by atoms with Gasteiger partial charge in [-0.15, -0.1) is 0 Å². The van der Waals surface area contributed by atoms with Crippen LogP contribution in [-0.2, 0) is 20.9 Å². The number of amides is 3. The highest BCUT2D eigenvalue weighted by molar-refractivity contribution is 5.89. The van der Waals surface area contributed by atoms with Crippen LogP contribution in [0.15, 0.2) is 42.5 Å². The van der Waals surface area contributed by atoms with Crippen molar-refractivity contribution in [2.24, 2.45) is 11.8 Å². The van der Waals surface area contributed by atoms with Crippen molar-refractivity contribution in [3.05, 3.63) is 48.0 Å². The summed E-state index contributed by atoms with van der Waals surface area (Å²) in [6.45, 7) is 3.00. The first-order chi connectivity index (χ1) is 14.1. The average Bonchev–Trinajstić information content (AvgIpc) is 3.38. The maximum absolute atomic E-state index is 13.3. The first kappa shape index (κ1) is 19.8. The van der Waals surface area contributed by atoms with Crippen LogP contribution in [0.1, 0.15) is 44.6 Å². The molecule has 4 rings (SSSR count). The van der Waals surface area contributed by atoms with Crippen LogP contribution in [0.2, 0.25) is 0 Å². The number of fused-ring (bicyclic) bond motifs is 1. The van der Waals surface area contributed by atoms with Crippen LogP contribution in [0.5, 0.6) is 0 Å². The Hall–Kier alpha value is -2.53. The minimum atomic E-state index is -0.353. The molecule has 2 aliphatic rings. The number of hydrogen-bond donors (Lipinski definition) is 1. The number of imide groups is 1. The molecule has 0 bridgehead atoms. The topological polar surface area (TPSA) is 63.2 Å². The van der Waals surface area contributed by atoms with Crippen LogP contribution < -0.4 is 5.32 Å². The van der Waals surface area contributed by atoms with E-state index >= 15 is 0 Å². The van der Waals surface area contributed by atoms with Gasteiger partial charge >= 0.3 is 12.3 Å². The zero-order valence-corrected chi connectivity index (χ0v) is 17.0. The Morgan fingerprint density at radius 1 is 1.03 bits per heavy atom. The monoisotopic (exact) mass is 393 g/mol. The van der Waals surface area contributed by atoms with Crippen molar-refractivity contribution in [1.29, 1.82) is 0 Å². The highest BCUT2D eigenvalue weighted by Crippen LogP contribution is 2.38. The van der Waals surface area contributed by atoms with E-state index in [9.17, 15) is 14.4 Å². The van der Waals surface area contributed by atoms with E-state index < -0.39 is 0 Å². The number of benzene rings is 2. The lowest BCUT2D eigenvalue weighted by Crippen LogP contribution is -2.57. The fraction of sp³-hybridized carbons (Fsp3) is 0.458. The zero-order chi connectivity index (χ0) is 20.4. The molecule has 0 aromatic heterocycles. The third-order valence-electron chi connectivity index (χ3n) is 7.04. The molecule has 29 heavy (non-hydrogen) atoms. The van der Waals surface area contributed by atoms with Gasteiger partial charge in [0.25, 0.3) is 0 Å². The number of likely N-dealkylation sites (tertiary alicyclic amines) is 1. The fourth-order valence-corrected chi connectivity index (χ4v) is 5.27. The number of carbonyl (C=O) groups excluding carboxylic acids is 3. The quantitative estimate of drug-likeness (QED) is 0.624. The number of hydrogen-bond acceptors (Lipinski definition) is 3. The second-order valence-corrected chi connectivity index (χ2v) is 8.59. The molecule has 1 aliphatic heterocycles. The van der Waals surface area contributed by atoms with E-state index in [0.29, 0.717) is 25.9 Å². The van der Waals surface area contributed by atoms with Crippen molar-refractivity contribution in [3.63, 3.8) is 0 Å². The van der Waals surface area contributed by atoms with Gasteiger partial charge in [0.05, 0.1) is 18.4 Å². The van der Waals surface area contributed by atoms with Gasteiger partial charge in [0, 0.05) is 19.4 Å². The van der Waals surface area contributed by atoms with E-state index in [4.69, 9.17) is 0 Å². The minimum absolute atomic E-state index is 0.0139. The van der Waals surface area contributed by atoms with Gasteiger partial charge in [0.15, 0.2) is 0 Å². The number of carbonyl (C=O) groups is 3. The zero-order valence-electron chi connectivity index (χ0n) is 17.0. The Morgan fingerprint density at radius 3 is 2.55 bits per heavy atom. The highest BCUT2D eigenvalue weighted by Gasteiger charge is 2.52. The Morgan fingerprint density at radius 2 is 1.79 bits per heavy atom. The van der Waals surface area contributed by atoms with E-state index in [0.717, 1.165) is 42.0 Å². The summed E-state index contributed by atoms with van der Waals surface area (Å²) in [5, 5.41) is 5.34. The Labute approximate surface area is 171 Å². The number of nitrogens with one attached hydrogen (secondary N) is 1. The van der Waals surface area contributed by atoms with Gasteiger partial charge < -0.3 is 5.32 Å². The van der Waals surface area contributed by atoms with Crippen LogP contribution in [0.25, 0.3) is 10.8 Å². The summed E-state index contributed by atoms with van der Waals surface area (Å²) in [4.78, 5) is 38.2. The van der Waals surface area contributed by atoms with Gasteiger partial charge in [0.2, 0.25) is 5.91 Å². The smallest absolute Gasteiger partial charge is 0.324 e. The normalized spacial score (nSPS) is 29.1. The molecule has 0 spiro atoms. The molecule has 5 heteroatoms. The van der Waals surface area contributed by atoms with Gasteiger partial charge in [-0.05, 0) is 36.1 Å². The second kappa shape index (κ2) is 8.07. The molecule has 5 nitrogen and oxygen atoms in total. The number of rotatable bonds is 5. The van der Waals surface area contributed by atoms with Crippen molar-refractivity contribution in [3.8, 4) is 0 Å². The minimum Gasteiger partial charge on any atom is -0.352 e. The Bertz CT molecular complexity index is 935. The summed E-state index contributed by atoms with van der Waals surface area (Å²) >= 11 is 0. The lowest BCUT2D eigenvalue weighted by atomic mass is 9.92. The third-order valence-corrected chi connectivity index (χ3v) is 7.04. The van der Waals surface area contributed by atoms with Crippen LogP contribution >= 0.6 is 0 Å². The molecule has 152 valence electrons. The van der Waals surface area contributed by atoms with Crippen LogP contribution in [0.3, 0.4) is 0 Å². The Kier molecular flexibility index (Phi) is 5.50. The SMILES string of the molecule is C[C@@H]1CCC[N+]1(C=O)C(=O)C1CCC[C@H]1C(=O)NCc1cccc2ccccc12. The summed E-state index contributed by atoms with van der Waals surface area (Å²) in [5.41, 5.74) is 1.07. The summed E-state index contributed by atoms with van der Waals surface area (Å²) in [7, 11) is 0. The summed E-state index contributed by atoms with van der Waals surface area (Å²) in [5.74, 6) is -0.800. The molecular formula is C24H29N2O3+.